The lowest BCUT2D eigenvalue weighted by Gasteiger charge is -2.18. The predicted octanol–water partition coefficient (Wildman–Crippen LogP) is 4.31. The fourth-order valence-corrected chi connectivity index (χ4v) is 2.48. The molecule has 0 aliphatic carbocycles. The van der Waals surface area contributed by atoms with E-state index < -0.39 is 0 Å². The van der Waals surface area contributed by atoms with Crippen LogP contribution in [0.3, 0.4) is 0 Å². The number of rotatable bonds is 5. The van der Waals surface area contributed by atoms with Gasteiger partial charge in [0.15, 0.2) is 5.11 Å². The van der Waals surface area contributed by atoms with Crippen molar-refractivity contribution in [1.29, 1.82) is 0 Å². The highest BCUT2D eigenvalue weighted by Gasteiger charge is 2.08. The molecule has 4 heteroatoms. The third kappa shape index (κ3) is 4.46. The van der Waals surface area contributed by atoms with Gasteiger partial charge in [0.1, 0.15) is 5.75 Å². The van der Waals surface area contributed by atoms with E-state index in [-0.39, 0.29) is 6.04 Å². The summed E-state index contributed by atoms with van der Waals surface area (Å²) in [5, 5.41) is 7.11. The minimum absolute atomic E-state index is 0.102. The number of nitrogens with one attached hydrogen (secondary N) is 2. The molecule has 0 heterocycles. The van der Waals surface area contributed by atoms with Gasteiger partial charge in [0.2, 0.25) is 0 Å². The summed E-state index contributed by atoms with van der Waals surface area (Å²) in [4.78, 5) is 0. The van der Waals surface area contributed by atoms with E-state index in [9.17, 15) is 0 Å². The molecule has 0 fully saturated rings. The van der Waals surface area contributed by atoms with Crippen LogP contribution in [-0.4, -0.2) is 12.2 Å². The second kappa shape index (κ2) is 7.80. The quantitative estimate of drug-likeness (QED) is 0.806. The summed E-state index contributed by atoms with van der Waals surface area (Å²) in [5.41, 5.74) is 3.44. The maximum Gasteiger partial charge on any atom is 0.171 e. The average Bonchev–Trinajstić information content (AvgIpc) is 2.55. The summed E-state index contributed by atoms with van der Waals surface area (Å²) >= 11 is 5.38. The number of thiocarbonyl (C=S) groups is 1. The van der Waals surface area contributed by atoms with Crippen molar-refractivity contribution < 1.29 is 4.74 Å². The zero-order chi connectivity index (χ0) is 15.9. The number of benzene rings is 2. The second-order valence-corrected chi connectivity index (χ2v) is 5.56. The number of hydrogen-bond acceptors (Lipinski definition) is 2. The van der Waals surface area contributed by atoms with E-state index in [1.807, 2.05) is 30.3 Å². The molecule has 0 aliphatic heterocycles. The summed E-state index contributed by atoms with van der Waals surface area (Å²) in [6.45, 7) is 4.22. The Morgan fingerprint density at radius 3 is 2.55 bits per heavy atom. The molecule has 22 heavy (non-hydrogen) atoms. The molecule has 1 atom stereocenters. The van der Waals surface area contributed by atoms with Crippen LogP contribution in [-0.2, 0) is 6.42 Å². The Labute approximate surface area is 137 Å². The number of methoxy groups -OCH3 is 1. The minimum Gasteiger partial charge on any atom is -0.497 e. The van der Waals surface area contributed by atoms with Gasteiger partial charge in [-0.25, -0.2) is 0 Å². The van der Waals surface area contributed by atoms with Crippen molar-refractivity contribution in [3.63, 3.8) is 0 Å². The molecule has 0 radical (unpaired) electrons. The van der Waals surface area contributed by atoms with Gasteiger partial charge in [-0.15, -0.1) is 0 Å². The van der Waals surface area contributed by atoms with Crippen molar-refractivity contribution in [3.05, 3.63) is 59.7 Å². The van der Waals surface area contributed by atoms with Crippen molar-refractivity contribution in [2.24, 2.45) is 0 Å². The van der Waals surface area contributed by atoms with Gasteiger partial charge < -0.3 is 15.4 Å². The van der Waals surface area contributed by atoms with Crippen LogP contribution >= 0.6 is 12.2 Å². The highest BCUT2D eigenvalue weighted by Crippen LogP contribution is 2.19. The molecular weight excluding hydrogens is 292 g/mol. The van der Waals surface area contributed by atoms with Crippen LogP contribution in [0.4, 0.5) is 5.69 Å². The first-order chi connectivity index (χ1) is 10.6. The van der Waals surface area contributed by atoms with Crippen molar-refractivity contribution in [1.82, 2.24) is 5.32 Å². The number of ether oxygens (including phenoxy) is 1. The van der Waals surface area contributed by atoms with E-state index >= 15 is 0 Å². The van der Waals surface area contributed by atoms with Gasteiger partial charge in [-0.2, -0.15) is 0 Å². The van der Waals surface area contributed by atoms with E-state index in [1.54, 1.807) is 7.11 Å². The van der Waals surface area contributed by atoms with Crippen LogP contribution in [0.5, 0.6) is 5.75 Å². The Bertz CT molecular complexity index is 625. The molecule has 0 aromatic heterocycles. The Morgan fingerprint density at radius 1 is 1.18 bits per heavy atom. The maximum absolute atomic E-state index is 5.38. The Hall–Kier alpha value is -2.07. The maximum atomic E-state index is 5.38. The van der Waals surface area contributed by atoms with E-state index in [0.717, 1.165) is 23.4 Å². The van der Waals surface area contributed by atoms with Crippen LogP contribution < -0.4 is 15.4 Å². The lowest BCUT2D eigenvalue weighted by Crippen LogP contribution is -2.30. The molecule has 2 N–H and O–H groups in total. The predicted molar refractivity (Wildman–Crippen MR) is 96.6 cm³/mol. The third-order valence-corrected chi connectivity index (χ3v) is 3.78. The van der Waals surface area contributed by atoms with Crippen molar-refractivity contribution in [2.45, 2.75) is 26.3 Å². The fraction of sp³-hybridized carbons (Fsp3) is 0.278. The summed E-state index contributed by atoms with van der Waals surface area (Å²) in [5.74, 6) is 0.847. The zero-order valence-electron chi connectivity index (χ0n) is 13.2. The summed E-state index contributed by atoms with van der Waals surface area (Å²) in [6.07, 6.45) is 1.04. The normalized spacial score (nSPS) is 11.6. The van der Waals surface area contributed by atoms with Gasteiger partial charge in [-0.1, -0.05) is 31.2 Å². The van der Waals surface area contributed by atoms with E-state index in [1.165, 1.54) is 5.56 Å². The molecule has 116 valence electrons. The van der Waals surface area contributed by atoms with E-state index in [0.29, 0.717) is 5.11 Å². The summed E-state index contributed by atoms with van der Waals surface area (Å²) in [7, 11) is 1.67. The SMILES string of the molecule is CCc1ccc(NC(=S)NC(C)c2cccc(OC)c2)cc1. The first-order valence-electron chi connectivity index (χ1n) is 7.42. The van der Waals surface area contributed by atoms with E-state index in [4.69, 9.17) is 17.0 Å². The van der Waals surface area contributed by atoms with Crippen LogP contribution in [0.15, 0.2) is 48.5 Å². The van der Waals surface area contributed by atoms with Gasteiger partial charge in [0, 0.05) is 5.69 Å². The van der Waals surface area contributed by atoms with Crippen molar-refractivity contribution in [3.8, 4) is 5.75 Å². The number of aryl methyl sites for hydroxylation is 1. The van der Waals surface area contributed by atoms with Gasteiger partial charge in [0.05, 0.1) is 13.2 Å². The van der Waals surface area contributed by atoms with E-state index in [2.05, 4.69) is 42.7 Å². The van der Waals surface area contributed by atoms with Crippen LogP contribution in [0.2, 0.25) is 0 Å². The first kappa shape index (κ1) is 16.3. The molecule has 3 nitrogen and oxygen atoms in total. The molecular formula is C18H22N2OS. The van der Waals surface area contributed by atoms with Gasteiger partial charge >= 0.3 is 0 Å². The van der Waals surface area contributed by atoms with Gasteiger partial charge in [-0.3, -0.25) is 0 Å². The van der Waals surface area contributed by atoms with Gasteiger partial charge in [-0.05, 0) is 61.0 Å². The van der Waals surface area contributed by atoms with Crippen molar-refractivity contribution >= 4 is 23.0 Å². The molecule has 2 rings (SSSR count). The second-order valence-electron chi connectivity index (χ2n) is 5.15. The molecule has 0 saturated carbocycles. The van der Waals surface area contributed by atoms with Crippen LogP contribution in [0.25, 0.3) is 0 Å². The first-order valence-corrected chi connectivity index (χ1v) is 7.83. The molecule has 0 spiro atoms. The lowest BCUT2D eigenvalue weighted by molar-refractivity contribution is 0.413. The molecule has 0 saturated heterocycles. The molecule has 0 bridgehead atoms. The minimum atomic E-state index is 0.102. The molecule has 0 amide bonds. The highest BCUT2D eigenvalue weighted by molar-refractivity contribution is 7.80. The number of hydrogen-bond donors (Lipinski definition) is 2. The monoisotopic (exact) mass is 314 g/mol. The smallest absolute Gasteiger partial charge is 0.171 e. The third-order valence-electron chi connectivity index (χ3n) is 3.56. The summed E-state index contributed by atoms with van der Waals surface area (Å²) in [6, 6.07) is 16.4. The largest absolute Gasteiger partial charge is 0.497 e. The Balaban J connectivity index is 1.95. The zero-order valence-corrected chi connectivity index (χ0v) is 14.0. The molecule has 0 aliphatic rings. The van der Waals surface area contributed by atoms with Crippen LogP contribution in [0.1, 0.15) is 31.0 Å². The topological polar surface area (TPSA) is 33.3 Å². The molecule has 1 unspecified atom stereocenters. The Morgan fingerprint density at radius 2 is 1.91 bits per heavy atom. The molecule has 2 aromatic carbocycles. The summed E-state index contributed by atoms with van der Waals surface area (Å²) < 4.78 is 5.25. The average molecular weight is 314 g/mol. The fourth-order valence-electron chi connectivity index (χ4n) is 2.18. The Kier molecular flexibility index (Phi) is 5.78. The number of anilines is 1. The lowest BCUT2D eigenvalue weighted by atomic mass is 10.1. The highest BCUT2D eigenvalue weighted by atomic mass is 32.1. The van der Waals surface area contributed by atoms with Crippen molar-refractivity contribution in [2.75, 3.05) is 12.4 Å². The standard InChI is InChI=1S/C18H22N2OS/c1-4-14-8-10-16(11-9-14)20-18(22)19-13(2)15-6-5-7-17(12-15)21-3/h5-13H,4H2,1-3H3,(H2,19,20,22). The van der Waals surface area contributed by atoms with Crippen LogP contribution in [0, 0.1) is 0 Å². The van der Waals surface area contributed by atoms with Gasteiger partial charge in [0.25, 0.3) is 0 Å². The molecule has 2 aromatic rings.